The minimum absolute atomic E-state index is 0.0833. The second-order valence-corrected chi connectivity index (χ2v) is 10.1. The van der Waals surface area contributed by atoms with Gasteiger partial charge in [0.15, 0.2) is 5.78 Å². The first-order valence-corrected chi connectivity index (χ1v) is 11.9. The molecule has 0 amide bonds. The third-order valence-electron chi connectivity index (χ3n) is 5.85. The highest BCUT2D eigenvalue weighted by atomic mass is 16.3. The number of rotatable bonds is 8. The Labute approximate surface area is 206 Å². The van der Waals surface area contributed by atoms with Gasteiger partial charge in [0.05, 0.1) is 11.7 Å². The number of allylic oxidation sites excluding steroid dienone is 14. The first kappa shape index (κ1) is 29.3. The van der Waals surface area contributed by atoms with Gasteiger partial charge in [-0.1, -0.05) is 85.8 Å². The van der Waals surface area contributed by atoms with Crippen LogP contribution in [-0.4, -0.2) is 27.7 Å². The molecule has 2 atom stereocenters. The highest BCUT2D eigenvalue weighted by Crippen LogP contribution is 2.45. The zero-order valence-electron chi connectivity index (χ0n) is 22.1. The maximum atomic E-state index is 11.2. The van der Waals surface area contributed by atoms with Crippen LogP contribution in [0, 0.1) is 5.41 Å². The summed E-state index contributed by atoms with van der Waals surface area (Å²) in [6.45, 7) is 15.3. The van der Waals surface area contributed by atoms with Crippen molar-refractivity contribution < 1.29 is 15.0 Å². The summed E-state index contributed by atoms with van der Waals surface area (Å²) in [6, 6.07) is 0. The van der Waals surface area contributed by atoms with Crippen molar-refractivity contribution in [3.63, 3.8) is 0 Å². The molecular formula is C31H42O3. The number of aliphatic hydroxyl groups is 2. The fourth-order valence-electron chi connectivity index (χ4n) is 3.98. The van der Waals surface area contributed by atoms with Crippen molar-refractivity contribution in [2.45, 2.75) is 79.9 Å². The van der Waals surface area contributed by atoms with Gasteiger partial charge in [-0.25, -0.2) is 0 Å². The Morgan fingerprint density at radius 1 is 0.824 bits per heavy atom. The molecule has 184 valence electrons. The molecule has 0 aromatic rings. The molecule has 1 aliphatic rings. The summed E-state index contributed by atoms with van der Waals surface area (Å²) >= 11 is 0. The largest absolute Gasteiger partial charge is 0.393 e. The predicted octanol–water partition coefficient (Wildman–Crippen LogP) is 7.04. The minimum Gasteiger partial charge on any atom is -0.393 e. The zero-order chi connectivity index (χ0) is 25.9. The van der Waals surface area contributed by atoms with Gasteiger partial charge in [-0.3, -0.25) is 4.79 Å². The molecule has 0 radical (unpaired) electrons. The molecule has 1 fully saturated rings. The molecule has 3 heteroatoms. The molecule has 34 heavy (non-hydrogen) atoms. The lowest BCUT2D eigenvalue weighted by atomic mass is 9.65. The van der Waals surface area contributed by atoms with Crippen molar-refractivity contribution in [3.8, 4) is 0 Å². The van der Waals surface area contributed by atoms with Crippen LogP contribution in [0.25, 0.3) is 0 Å². The first-order valence-electron chi connectivity index (χ1n) is 11.9. The van der Waals surface area contributed by atoms with Crippen LogP contribution in [0.15, 0.2) is 100 Å². The van der Waals surface area contributed by atoms with Crippen LogP contribution >= 0.6 is 0 Å². The third-order valence-corrected chi connectivity index (χ3v) is 5.85. The van der Waals surface area contributed by atoms with Gasteiger partial charge in [0.2, 0.25) is 0 Å². The van der Waals surface area contributed by atoms with Gasteiger partial charge in [0, 0.05) is 12.0 Å². The number of carbonyl (C=O) groups is 1. The Morgan fingerprint density at radius 2 is 1.32 bits per heavy atom. The summed E-state index contributed by atoms with van der Waals surface area (Å²) in [5.41, 5.74) is 6.79. The normalized spacial score (nSPS) is 24.9. The molecule has 1 saturated carbocycles. The van der Waals surface area contributed by atoms with Gasteiger partial charge in [-0.15, -0.1) is 5.73 Å². The standard InChI is InChI=1S/C31H42O3/c1-23(13-9-10-14-24(2)17-12-18-26(4)27(5)32)15-11-16-25(3)19-20-29-30(6,7)21-28(33)22-31(29,8)34/h9-19,28,33-34H,21-22H2,1-8H3/b10-9+,15-11?,17-12+,23-13?,24-14+,25-16?,26-18+. The van der Waals surface area contributed by atoms with E-state index in [1.807, 2.05) is 108 Å². The summed E-state index contributed by atoms with van der Waals surface area (Å²) < 4.78 is 0. The van der Waals surface area contributed by atoms with Crippen LogP contribution in [0.1, 0.15) is 68.2 Å². The van der Waals surface area contributed by atoms with Crippen molar-refractivity contribution in [1.29, 1.82) is 0 Å². The van der Waals surface area contributed by atoms with Gasteiger partial charge in [0.1, 0.15) is 0 Å². The lowest BCUT2D eigenvalue weighted by molar-refractivity contribution is -0.113. The van der Waals surface area contributed by atoms with Crippen LogP contribution in [-0.2, 0) is 4.79 Å². The van der Waals surface area contributed by atoms with Crippen molar-refractivity contribution in [2.24, 2.45) is 5.41 Å². The molecular weight excluding hydrogens is 420 g/mol. The number of carbonyl (C=O) groups excluding carboxylic acids is 1. The molecule has 2 N–H and O–H groups in total. The van der Waals surface area contributed by atoms with Crippen molar-refractivity contribution in [2.75, 3.05) is 0 Å². The maximum absolute atomic E-state index is 11.2. The third kappa shape index (κ3) is 10.5. The number of hydrogen-bond donors (Lipinski definition) is 2. The maximum Gasteiger partial charge on any atom is 0.155 e. The Kier molecular flexibility index (Phi) is 11.4. The van der Waals surface area contributed by atoms with E-state index in [0.29, 0.717) is 12.8 Å². The zero-order valence-corrected chi connectivity index (χ0v) is 22.1. The number of aliphatic hydroxyl groups excluding tert-OH is 1. The molecule has 0 heterocycles. The second kappa shape index (κ2) is 13.2. The molecule has 3 nitrogen and oxygen atoms in total. The molecule has 1 aliphatic carbocycles. The first-order chi connectivity index (χ1) is 15.7. The Balaban J connectivity index is 2.79. The quantitative estimate of drug-likeness (QED) is 0.231. The van der Waals surface area contributed by atoms with Gasteiger partial charge in [-0.2, -0.15) is 0 Å². The molecule has 2 unspecified atom stereocenters. The number of Topliss-reactive ketones (excluding diaryl/α,β-unsaturated/α-hetero) is 1. The summed E-state index contributed by atoms with van der Waals surface area (Å²) in [6.07, 6.45) is 22.2. The van der Waals surface area contributed by atoms with E-state index < -0.39 is 11.7 Å². The fourth-order valence-corrected chi connectivity index (χ4v) is 3.98. The van der Waals surface area contributed by atoms with Crippen molar-refractivity contribution in [3.05, 3.63) is 100 Å². The molecule has 0 aromatic heterocycles. The van der Waals surface area contributed by atoms with Gasteiger partial charge >= 0.3 is 0 Å². The molecule has 0 bridgehead atoms. The van der Waals surface area contributed by atoms with E-state index in [0.717, 1.165) is 27.9 Å². The Hall–Kier alpha value is -2.71. The lowest BCUT2D eigenvalue weighted by Gasteiger charge is -2.43. The average molecular weight is 463 g/mol. The number of ketones is 1. The Bertz CT molecular complexity index is 991. The van der Waals surface area contributed by atoms with Crippen molar-refractivity contribution >= 4 is 5.78 Å². The molecule has 0 saturated heterocycles. The Morgan fingerprint density at radius 3 is 1.82 bits per heavy atom. The van der Waals surface area contributed by atoms with E-state index >= 15 is 0 Å². The van der Waals surface area contributed by atoms with Gasteiger partial charge in [0.25, 0.3) is 0 Å². The van der Waals surface area contributed by atoms with Crippen LogP contribution in [0.5, 0.6) is 0 Å². The lowest BCUT2D eigenvalue weighted by Crippen LogP contribution is -2.45. The molecule has 0 aromatic carbocycles. The van der Waals surface area contributed by atoms with Crippen molar-refractivity contribution in [1.82, 2.24) is 0 Å². The van der Waals surface area contributed by atoms with E-state index in [9.17, 15) is 15.0 Å². The molecule has 1 rings (SSSR count). The smallest absolute Gasteiger partial charge is 0.155 e. The summed E-state index contributed by atoms with van der Waals surface area (Å²) in [5.74, 6) is 0.0833. The van der Waals surface area contributed by atoms with Crippen LogP contribution < -0.4 is 0 Å². The van der Waals surface area contributed by atoms with Crippen LogP contribution in [0.3, 0.4) is 0 Å². The van der Waals surface area contributed by atoms with Crippen LogP contribution in [0.4, 0.5) is 0 Å². The van der Waals surface area contributed by atoms with E-state index in [2.05, 4.69) is 5.73 Å². The molecule has 0 spiro atoms. The van der Waals surface area contributed by atoms with Gasteiger partial charge < -0.3 is 10.2 Å². The summed E-state index contributed by atoms with van der Waals surface area (Å²) in [7, 11) is 0. The topological polar surface area (TPSA) is 57.5 Å². The second-order valence-electron chi connectivity index (χ2n) is 10.1. The van der Waals surface area contributed by atoms with Crippen LogP contribution in [0.2, 0.25) is 0 Å². The van der Waals surface area contributed by atoms with Gasteiger partial charge in [-0.05, 0) is 70.6 Å². The van der Waals surface area contributed by atoms with E-state index in [4.69, 9.17) is 0 Å². The summed E-state index contributed by atoms with van der Waals surface area (Å²) in [4.78, 5) is 11.2. The average Bonchev–Trinajstić information content (AvgIpc) is 2.68. The SMILES string of the molecule is CC(=O)/C(C)=C/C=C/C(C)=C/C=C/C=C(C)C=CC=C(C)C=C=C1C(C)(C)CC(O)CC1(C)O. The predicted molar refractivity (Wildman–Crippen MR) is 144 cm³/mol. The fraction of sp³-hybridized carbons (Fsp3) is 0.419. The number of hydrogen-bond acceptors (Lipinski definition) is 3. The van der Waals surface area contributed by atoms with E-state index in [1.165, 1.54) is 0 Å². The minimum atomic E-state index is -1.05. The van der Waals surface area contributed by atoms with E-state index in [-0.39, 0.29) is 11.2 Å². The van der Waals surface area contributed by atoms with E-state index in [1.54, 1.807) is 13.8 Å². The highest BCUT2D eigenvalue weighted by molar-refractivity contribution is 5.92. The molecule has 0 aliphatic heterocycles. The monoisotopic (exact) mass is 462 g/mol. The summed E-state index contributed by atoms with van der Waals surface area (Å²) in [5, 5.41) is 20.8. The highest BCUT2D eigenvalue weighted by Gasteiger charge is 2.44.